The molecule has 0 saturated heterocycles. The van der Waals surface area contributed by atoms with Gasteiger partial charge in [-0.1, -0.05) is 37.1 Å². The lowest BCUT2D eigenvalue weighted by molar-refractivity contribution is 0.317. The zero-order chi connectivity index (χ0) is 22.9. The molecular weight excluding hydrogens is 439 g/mol. The summed E-state index contributed by atoms with van der Waals surface area (Å²) in [5, 5.41) is 13.5. The maximum absolute atomic E-state index is 13.0. The number of hydrogen-bond acceptors (Lipinski definition) is 6. The van der Waals surface area contributed by atoms with Crippen molar-refractivity contribution in [1.29, 1.82) is 0 Å². The van der Waals surface area contributed by atoms with Crippen LogP contribution in [0, 0.1) is 5.82 Å². The topological polar surface area (TPSA) is 61.2 Å². The van der Waals surface area contributed by atoms with E-state index in [0.29, 0.717) is 24.9 Å². The van der Waals surface area contributed by atoms with Gasteiger partial charge in [0.05, 0.1) is 20.3 Å². The number of nitrogens with one attached hydrogen (secondary N) is 1. The van der Waals surface area contributed by atoms with Crippen molar-refractivity contribution in [3.63, 3.8) is 0 Å². The van der Waals surface area contributed by atoms with Crippen LogP contribution in [0.1, 0.15) is 50.4 Å². The molecule has 0 spiro atoms. The number of benzene rings is 2. The van der Waals surface area contributed by atoms with Gasteiger partial charge in [0.2, 0.25) is 0 Å². The highest BCUT2D eigenvalue weighted by Gasteiger charge is 2.23. The predicted molar refractivity (Wildman–Crippen MR) is 130 cm³/mol. The van der Waals surface area contributed by atoms with Gasteiger partial charge in [-0.15, -0.1) is 10.2 Å². The molecule has 176 valence electrons. The van der Waals surface area contributed by atoms with E-state index < -0.39 is 0 Å². The van der Waals surface area contributed by atoms with Crippen LogP contribution in [0.5, 0.6) is 11.5 Å². The number of thioether (sulfide) groups is 1. The van der Waals surface area contributed by atoms with E-state index in [2.05, 4.69) is 20.1 Å². The van der Waals surface area contributed by atoms with Gasteiger partial charge in [-0.2, -0.15) is 0 Å². The summed E-state index contributed by atoms with van der Waals surface area (Å²) >= 11 is 1.73. The summed E-state index contributed by atoms with van der Waals surface area (Å²) in [6, 6.07) is 14.5. The van der Waals surface area contributed by atoms with Gasteiger partial charge in [-0.25, -0.2) is 4.39 Å². The molecule has 1 saturated carbocycles. The quantitative estimate of drug-likeness (QED) is 0.270. The summed E-state index contributed by atoms with van der Waals surface area (Å²) in [7, 11) is 1.67. The molecule has 0 aliphatic heterocycles. The molecule has 1 heterocycles. The van der Waals surface area contributed by atoms with Crippen LogP contribution in [-0.4, -0.2) is 34.2 Å². The fraction of sp³-hybridized carbons (Fsp3) is 0.440. The number of anilines is 1. The molecule has 0 amide bonds. The summed E-state index contributed by atoms with van der Waals surface area (Å²) in [5.74, 6) is 3.12. The van der Waals surface area contributed by atoms with Crippen molar-refractivity contribution in [2.75, 3.05) is 24.8 Å². The van der Waals surface area contributed by atoms with Crippen LogP contribution in [0.4, 0.5) is 10.1 Å². The van der Waals surface area contributed by atoms with Crippen LogP contribution in [0.2, 0.25) is 0 Å². The molecular formula is C25H31FN4O2S. The highest BCUT2D eigenvalue weighted by Crippen LogP contribution is 2.33. The number of rotatable bonds is 11. The van der Waals surface area contributed by atoms with Crippen molar-refractivity contribution in [3.8, 4) is 11.5 Å². The molecule has 33 heavy (non-hydrogen) atoms. The molecule has 0 radical (unpaired) electrons. The van der Waals surface area contributed by atoms with Crippen LogP contribution in [0.25, 0.3) is 0 Å². The molecule has 0 atom stereocenters. The van der Waals surface area contributed by atoms with Gasteiger partial charge >= 0.3 is 0 Å². The van der Waals surface area contributed by atoms with Crippen molar-refractivity contribution in [1.82, 2.24) is 14.8 Å². The monoisotopic (exact) mass is 470 g/mol. The Hall–Kier alpha value is -2.74. The minimum atomic E-state index is -0.253. The van der Waals surface area contributed by atoms with E-state index in [9.17, 15) is 4.39 Å². The fourth-order valence-corrected chi connectivity index (χ4v) is 5.03. The Morgan fingerprint density at radius 2 is 1.88 bits per heavy atom. The third-order valence-corrected chi connectivity index (χ3v) is 6.83. The molecule has 0 bridgehead atoms. The third kappa shape index (κ3) is 6.63. The van der Waals surface area contributed by atoms with Crippen LogP contribution in [0.15, 0.2) is 53.7 Å². The van der Waals surface area contributed by atoms with E-state index in [1.807, 2.05) is 24.3 Å². The summed E-state index contributed by atoms with van der Waals surface area (Å²) in [4.78, 5) is 0. The standard InChI is InChI=1S/C25H31FN4O2S/c1-31-23-10-5-7-20(17-23)27-18-24-28-29-25(30(24)21-8-3-2-4-9-21)33-16-6-15-32-22-13-11-19(26)12-14-22/h5,7,10-14,17,21,27H,2-4,6,8-9,15-16,18H2,1H3. The van der Waals surface area contributed by atoms with E-state index in [4.69, 9.17) is 9.47 Å². The highest BCUT2D eigenvalue weighted by molar-refractivity contribution is 7.99. The molecule has 4 rings (SSSR count). The Balaban J connectivity index is 1.36. The first-order chi connectivity index (χ1) is 16.2. The minimum absolute atomic E-state index is 0.253. The smallest absolute Gasteiger partial charge is 0.191 e. The van der Waals surface area contributed by atoms with Crippen LogP contribution in [0.3, 0.4) is 0 Å². The highest BCUT2D eigenvalue weighted by atomic mass is 32.2. The second kappa shape index (κ2) is 11.9. The fourth-order valence-electron chi connectivity index (χ4n) is 4.09. The van der Waals surface area contributed by atoms with Crippen molar-refractivity contribution < 1.29 is 13.9 Å². The summed E-state index contributed by atoms with van der Waals surface area (Å²) in [6.07, 6.45) is 7.02. The maximum Gasteiger partial charge on any atom is 0.191 e. The van der Waals surface area contributed by atoms with Gasteiger partial charge in [0.1, 0.15) is 17.3 Å². The first kappa shape index (κ1) is 23.4. The Bertz CT molecular complexity index is 1010. The zero-order valence-corrected chi connectivity index (χ0v) is 19.8. The second-order valence-corrected chi connectivity index (χ2v) is 9.21. The van der Waals surface area contributed by atoms with Crippen molar-refractivity contribution in [2.45, 2.75) is 56.3 Å². The number of nitrogens with zero attached hydrogens (tertiary/aromatic N) is 3. The first-order valence-corrected chi connectivity index (χ1v) is 12.5. The van der Waals surface area contributed by atoms with Crippen molar-refractivity contribution in [2.24, 2.45) is 0 Å². The van der Waals surface area contributed by atoms with Gasteiger partial charge < -0.3 is 19.4 Å². The van der Waals surface area contributed by atoms with Gasteiger partial charge in [-0.3, -0.25) is 0 Å². The molecule has 3 aromatic rings. The third-order valence-electron chi connectivity index (χ3n) is 5.80. The maximum atomic E-state index is 13.0. The normalized spacial score (nSPS) is 14.2. The summed E-state index contributed by atoms with van der Waals surface area (Å²) in [6.45, 7) is 1.20. The van der Waals surface area contributed by atoms with Crippen LogP contribution in [-0.2, 0) is 6.54 Å². The molecule has 1 fully saturated rings. The molecule has 1 aliphatic carbocycles. The average Bonchev–Trinajstić information content (AvgIpc) is 3.27. The second-order valence-electron chi connectivity index (χ2n) is 8.15. The van der Waals surface area contributed by atoms with Gasteiger partial charge in [0, 0.05) is 23.5 Å². The Morgan fingerprint density at radius 1 is 1.06 bits per heavy atom. The van der Waals surface area contributed by atoms with E-state index in [1.165, 1.54) is 44.2 Å². The minimum Gasteiger partial charge on any atom is -0.497 e. The largest absolute Gasteiger partial charge is 0.497 e. The molecule has 0 unspecified atom stereocenters. The number of hydrogen-bond donors (Lipinski definition) is 1. The number of halogens is 1. The van der Waals surface area contributed by atoms with Gasteiger partial charge in [0.25, 0.3) is 0 Å². The van der Waals surface area contributed by atoms with Crippen LogP contribution < -0.4 is 14.8 Å². The molecule has 2 aromatic carbocycles. The first-order valence-electron chi connectivity index (χ1n) is 11.6. The average molecular weight is 471 g/mol. The zero-order valence-electron chi connectivity index (χ0n) is 19.0. The van der Waals surface area contributed by atoms with E-state index in [-0.39, 0.29) is 5.82 Å². The lowest BCUT2D eigenvalue weighted by Crippen LogP contribution is -2.18. The molecule has 8 heteroatoms. The Morgan fingerprint density at radius 3 is 2.67 bits per heavy atom. The SMILES string of the molecule is COc1cccc(NCc2nnc(SCCCOc3ccc(F)cc3)n2C2CCCCC2)c1. The summed E-state index contributed by atoms with van der Waals surface area (Å²) < 4.78 is 26.4. The van der Waals surface area contributed by atoms with E-state index in [0.717, 1.165) is 34.6 Å². The molecule has 6 nitrogen and oxygen atoms in total. The molecule has 1 N–H and O–H groups in total. The number of ether oxygens (including phenoxy) is 2. The van der Waals surface area contributed by atoms with Crippen molar-refractivity contribution >= 4 is 17.4 Å². The van der Waals surface area contributed by atoms with E-state index >= 15 is 0 Å². The molecule has 1 aromatic heterocycles. The lowest BCUT2D eigenvalue weighted by Gasteiger charge is -2.25. The number of methoxy groups -OCH3 is 1. The predicted octanol–water partition coefficient (Wildman–Crippen LogP) is 6.10. The molecule has 1 aliphatic rings. The summed E-state index contributed by atoms with van der Waals surface area (Å²) in [5.41, 5.74) is 1.000. The number of aromatic nitrogens is 3. The lowest BCUT2D eigenvalue weighted by atomic mass is 9.95. The van der Waals surface area contributed by atoms with Crippen LogP contribution >= 0.6 is 11.8 Å². The van der Waals surface area contributed by atoms with Crippen molar-refractivity contribution in [3.05, 3.63) is 60.2 Å². The van der Waals surface area contributed by atoms with E-state index in [1.54, 1.807) is 31.0 Å². The van der Waals surface area contributed by atoms with Gasteiger partial charge in [0.15, 0.2) is 11.0 Å². The van der Waals surface area contributed by atoms with Gasteiger partial charge in [-0.05, 0) is 55.7 Å². The Kier molecular flexibility index (Phi) is 8.47. The Labute approximate surface area is 198 Å².